The molecular weight excluding hydrogens is 2120 g/mol. The maximum Gasteiger partial charge on any atom is 0.428 e. The number of hydrogen-bond acceptors (Lipinski definition) is 32. The Morgan fingerprint density at radius 1 is 0.353 bits per heavy atom. The van der Waals surface area contributed by atoms with Crippen molar-refractivity contribution in [2.75, 3.05) is 0 Å². The molecule has 150 heavy (non-hydrogen) atoms. The van der Waals surface area contributed by atoms with Gasteiger partial charge in [0.2, 0.25) is 0 Å². The first kappa shape index (κ1) is 129. The molecule has 0 aromatic heterocycles. The third-order valence-corrected chi connectivity index (χ3v) is 28.7. The quantitative estimate of drug-likeness (QED) is 0.0109. The Balaban J connectivity index is 0.000000304. The number of carbonyl (C=O) groups excluding carboxylic acids is 9. The first-order valence-electron chi connectivity index (χ1n) is 45.7. The van der Waals surface area contributed by atoms with Crippen LogP contribution < -0.4 is 0 Å². The molecule has 7 aliphatic heterocycles. The van der Waals surface area contributed by atoms with Crippen LogP contribution in [0.5, 0.6) is 0 Å². The molecule has 59 heteroatoms. The van der Waals surface area contributed by atoms with Crippen molar-refractivity contribution in [3.8, 4) is 0 Å². The van der Waals surface area contributed by atoms with Gasteiger partial charge in [-0.15, -0.1) is 0 Å². The highest BCUT2D eigenvalue weighted by Gasteiger charge is 2.82. The third-order valence-electron chi connectivity index (χ3n) is 28.7. The minimum absolute atomic E-state index is 0.0130. The van der Waals surface area contributed by atoms with E-state index in [0.29, 0.717) is 20.8 Å². The molecule has 2 aliphatic carbocycles. The highest BCUT2D eigenvalue weighted by atomic mass is 19.5. The van der Waals surface area contributed by atoms with Crippen LogP contribution in [0.4, 0.5) is 119 Å². The molecule has 864 valence electrons. The summed E-state index contributed by atoms with van der Waals surface area (Å²) in [6, 6.07) is 0. The van der Waals surface area contributed by atoms with Crippen molar-refractivity contribution in [3.05, 3.63) is 36.5 Å². The van der Waals surface area contributed by atoms with Crippen LogP contribution in [-0.4, -0.2) is 323 Å². The van der Waals surface area contributed by atoms with Crippen LogP contribution in [0.2, 0.25) is 0 Å². The predicted octanol–water partition coefficient (Wildman–Crippen LogP) is 13.9. The number of fused-ring (bicyclic) bond motifs is 3. The lowest BCUT2D eigenvalue weighted by atomic mass is 9.73. The van der Waals surface area contributed by atoms with Crippen LogP contribution >= 0.6 is 0 Å². The minimum Gasteiger partial charge on any atom is -0.459 e. The molecular formula is C91H119F27O32. The third kappa shape index (κ3) is 24.2. The van der Waals surface area contributed by atoms with Crippen LogP contribution in [0, 0.1) is 34.5 Å². The van der Waals surface area contributed by atoms with Crippen molar-refractivity contribution in [2.45, 2.75) is 443 Å². The zero-order valence-electron chi connectivity index (χ0n) is 84.6. The first-order valence-corrected chi connectivity index (χ1v) is 45.7. The maximum absolute atomic E-state index is 14.0. The van der Waals surface area contributed by atoms with E-state index in [0.717, 1.165) is 104 Å². The molecule has 7 heterocycles. The Morgan fingerprint density at radius 3 is 0.960 bits per heavy atom. The molecule has 0 spiro atoms. The molecule has 9 rings (SSSR count). The lowest BCUT2D eigenvalue weighted by molar-refractivity contribution is -0.401. The van der Waals surface area contributed by atoms with E-state index in [1.54, 1.807) is 0 Å². The van der Waals surface area contributed by atoms with Crippen LogP contribution in [0.15, 0.2) is 36.5 Å². The Labute approximate surface area is 838 Å². The fourth-order valence-corrected chi connectivity index (χ4v) is 19.2. The van der Waals surface area contributed by atoms with E-state index in [1.807, 2.05) is 0 Å². The lowest BCUT2D eigenvalue weighted by Gasteiger charge is -2.45. The van der Waals surface area contributed by atoms with Crippen molar-refractivity contribution >= 4 is 53.7 Å². The molecule has 28 atom stereocenters. The summed E-state index contributed by atoms with van der Waals surface area (Å²) in [7, 11) is 0. The summed E-state index contributed by atoms with van der Waals surface area (Å²) in [4.78, 5) is 118. The Hall–Kier alpha value is -8.00. The summed E-state index contributed by atoms with van der Waals surface area (Å²) >= 11 is 0. The summed E-state index contributed by atoms with van der Waals surface area (Å²) in [5, 5.41) is 60.1. The average molecular weight is 2240 g/mol. The average Bonchev–Trinajstić information content (AvgIpc) is 1.54. The fraction of sp³-hybridized carbons (Fsp3) is 0.835. The van der Waals surface area contributed by atoms with Gasteiger partial charge in [-0.2, -0.15) is 119 Å². The topological polar surface area (TPSA) is 432 Å². The molecule has 2 saturated carbocycles. The highest BCUT2D eigenvalue weighted by molar-refractivity contribution is 6.04. The number of aliphatic hydroxyl groups is 6. The second-order valence-electron chi connectivity index (χ2n) is 43.0. The maximum atomic E-state index is 14.0. The van der Waals surface area contributed by atoms with Gasteiger partial charge in [0.25, 0.3) is 16.8 Å². The first-order chi connectivity index (χ1) is 66.5. The molecule has 0 amide bonds. The Kier molecular flexibility index (Phi) is 35.7. The van der Waals surface area contributed by atoms with E-state index >= 15 is 0 Å². The number of alkyl halides is 27. The highest BCUT2D eigenvalue weighted by Crippen LogP contribution is 2.65. The van der Waals surface area contributed by atoms with Crippen LogP contribution in [0.25, 0.3) is 0 Å². The van der Waals surface area contributed by atoms with Crippen LogP contribution in [0.1, 0.15) is 205 Å². The van der Waals surface area contributed by atoms with E-state index in [-0.39, 0.29) is 50.3 Å². The zero-order valence-corrected chi connectivity index (χ0v) is 84.6. The van der Waals surface area contributed by atoms with Crippen molar-refractivity contribution in [1.29, 1.82) is 0 Å². The van der Waals surface area contributed by atoms with E-state index in [9.17, 15) is 192 Å². The normalized spacial score (nSPS) is 28.8. The van der Waals surface area contributed by atoms with Gasteiger partial charge in [0.15, 0.2) is 52.0 Å². The number of carbonyl (C=O) groups is 9. The van der Waals surface area contributed by atoms with Gasteiger partial charge < -0.3 is 111 Å². The minimum atomic E-state index is -6.33. The van der Waals surface area contributed by atoms with Crippen molar-refractivity contribution in [1.82, 2.24) is 0 Å². The monoisotopic (exact) mass is 2240 g/mol. The van der Waals surface area contributed by atoms with Crippen LogP contribution in [-0.2, 0) is 124 Å². The fourth-order valence-electron chi connectivity index (χ4n) is 19.2. The summed E-state index contributed by atoms with van der Waals surface area (Å²) in [6.45, 7) is 31.0. The molecule has 0 aromatic rings. The second-order valence-corrected chi connectivity index (χ2v) is 43.0. The van der Waals surface area contributed by atoms with Gasteiger partial charge >= 0.3 is 109 Å². The summed E-state index contributed by atoms with van der Waals surface area (Å²) < 4.78 is 460. The van der Waals surface area contributed by atoms with Crippen molar-refractivity contribution < 1.29 is 273 Å². The smallest absolute Gasteiger partial charge is 0.428 e. The van der Waals surface area contributed by atoms with E-state index in [1.165, 1.54) is 20.8 Å². The van der Waals surface area contributed by atoms with Gasteiger partial charge in [0.1, 0.15) is 102 Å². The molecule has 9 fully saturated rings. The van der Waals surface area contributed by atoms with Gasteiger partial charge in [-0.25, -0.2) is 14.4 Å². The zero-order chi connectivity index (χ0) is 117. The molecule has 6 bridgehead atoms. The SMILES string of the molecule is C=C(C)C(=O)OC1C2CC3(C(=O)OC(CC(C)(C)OC(C)C(C)(O)C(F)(F)F)C(C)(C)OC(C)C(O)(C(F)(F)F)C(F)(F)F)C(=O)OC1C3O2.C=C(C)C(=O)OC1C2CC3C1OC(=O)C3(C(=O)OC(CC(C)(C)OC(C)C(C)(O)C(F)(F)F)C(C)(C)OC(C)C(O)(C(F)(F)F)C(F)(F)F)C2.C=C(C)C(=O)OC1C2OC(=O)C3C2OC1C3C(=O)OC(CC(C)(C)OC(C)C(C)(O)C(F)(F)F)C(C)(C)OC(C)C(O)(C(F)(F)F)C(F)(F)F. The van der Waals surface area contributed by atoms with Gasteiger partial charge in [-0.05, 0) is 179 Å². The summed E-state index contributed by atoms with van der Waals surface area (Å²) in [5.74, 6) is -14.5. The largest absolute Gasteiger partial charge is 0.459 e. The summed E-state index contributed by atoms with van der Waals surface area (Å²) in [5.41, 5.74) is -44.0. The van der Waals surface area contributed by atoms with Crippen molar-refractivity contribution in [3.63, 3.8) is 0 Å². The second kappa shape index (κ2) is 41.5. The summed E-state index contributed by atoms with van der Waals surface area (Å²) in [6.07, 6.45) is -90.2. The number of halogens is 27. The molecule has 6 N–H and O–H groups in total. The van der Waals surface area contributed by atoms with Crippen molar-refractivity contribution in [2.24, 2.45) is 34.5 Å². The molecule has 0 radical (unpaired) electrons. The molecule has 32 nitrogen and oxygen atoms in total. The lowest BCUT2D eigenvalue weighted by Crippen LogP contribution is -2.66. The number of rotatable bonds is 39. The molecule has 0 aromatic carbocycles. The number of esters is 9. The number of hydrogen-bond donors (Lipinski definition) is 6. The van der Waals surface area contributed by atoms with Gasteiger partial charge in [-0.1, -0.05) is 19.7 Å². The molecule has 9 aliphatic rings. The van der Waals surface area contributed by atoms with Crippen LogP contribution in [0.3, 0.4) is 0 Å². The van der Waals surface area contributed by atoms with E-state index in [2.05, 4.69) is 19.7 Å². The standard InChI is InChI=1S/C31H41F9O10.2C30H39F9O11/c1-13(2)21(41)47-19-16-10-17-20(19)48-23(43)27(17,11-16)22(42)46-18(12-24(5,6)49-14(3)26(9,44)29(32,33)34)25(7,8)50-15(4)28(45,30(35,36)37)31(38,39)40;1-12(2)20(40)47-17-15-10-26(19(45-15)18(17)48-22(26)42)21(41)46-16(11-23(5,6)49-13(3)25(9,43)28(31,32)33)24(7,8)50-14(4)27(44,29(34,35)36)30(37,38)39;1-11(2)21(40)47-19-17-15(16-18(46-17)20(19)48-23(16)42)22(41)45-14(10-24(5,6)49-12(3)26(9,43)28(31,32)33)25(7,8)50-13(4)27(44,29(34,35)36)30(37,38)39/h14-20,44-45H,1,10-12H2,2-9H3;13-19,43-44H,1,10-11H2,2-9H3;12-20,43-44H,1,10H2,2-9H3. The molecule has 7 saturated heterocycles. The Morgan fingerprint density at radius 2 is 0.647 bits per heavy atom. The van der Waals surface area contributed by atoms with E-state index < -0.39 is 353 Å². The van der Waals surface area contributed by atoms with E-state index in [4.69, 9.17) is 80.5 Å². The molecule has 28 unspecified atom stereocenters. The van der Waals surface area contributed by atoms with Gasteiger partial charge in [0.05, 0.1) is 35.1 Å². The Bertz CT molecular complexity index is 4760. The van der Waals surface area contributed by atoms with Gasteiger partial charge in [-0.3, -0.25) is 28.8 Å². The number of ether oxygens (including phenoxy) is 17. The van der Waals surface area contributed by atoms with Gasteiger partial charge in [0, 0.05) is 54.2 Å². The predicted molar refractivity (Wildman–Crippen MR) is 446 cm³/mol.